The van der Waals surface area contributed by atoms with E-state index in [0.29, 0.717) is 46.7 Å². The summed E-state index contributed by atoms with van der Waals surface area (Å²) in [5, 5.41) is 20.4. The third kappa shape index (κ3) is 8.63. The molecule has 0 saturated heterocycles. The number of aliphatic hydroxyl groups excluding tert-OH is 1. The Morgan fingerprint density at radius 2 is 1.81 bits per heavy atom. The molecule has 0 aromatic heterocycles. The Hall–Kier alpha value is -4.74. The quantitative estimate of drug-likeness (QED) is 0.0967. The molecule has 1 aliphatic heterocycles. The molecule has 226 valence electrons. The first-order valence-electron chi connectivity index (χ1n) is 13.5. The van der Waals surface area contributed by atoms with Crippen LogP contribution in [0.4, 0.5) is 4.79 Å². The number of hydrazone groups is 1. The van der Waals surface area contributed by atoms with Gasteiger partial charge in [-0.25, -0.2) is 9.59 Å². The number of nitrogens with one attached hydrogen (secondary N) is 3. The third-order valence-corrected chi connectivity index (χ3v) is 6.56. The number of urea groups is 1. The summed E-state index contributed by atoms with van der Waals surface area (Å²) in [5.41, 5.74) is 5.69. The lowest BCUT2D eigenvalue weighted by Crippen LogP contribution is -2.45. The lowest BCUT2D eigenvalue weighted by molar-refractivity contribution is -0.136. The SMILES string of the molecule is CCOc1cc([C@H]2NC(=O)NC(C)=C2C(=O)OC)ccc1OC[C@@H](O)N/N=C\c1ccc(OCc2ccc(Cl)cc2)cc1. The molecule has 0 radical (unpaired) electrons. The second kappa shape index (κ2) is 14.9. The minimum Gasteiger partial charge on any atom is -0.490 e. The number of halogens is 1. The Bertz CT molecular complexity index is 1480. The van der Waals surface area contributed by atoms with E-state index in [-0.39, 0.29) is 12.2 Å². The molecule has 1 heterocycles. The van der Waals surface area contributed by atoms with E-state index in [0.717, 1.165) is 11.1 Å². The van der Waals surface area contributed by atoms with E-state index < -0.39 is 24.3 Å². The summed E-state index contributed by atoms with van der Waals surface area (Å²) in [4.78, 5) is 24.5. The van der Waals surface area contributed by atoms with Crippen LogP contribution in [0, 0.1) is 0 Å². The van der Waals surface area contributed by atoms with Crippen LogP contribution >= 0.6 is 11.6 Å². The molecule has 11 nitrogen and oxygen atoms in total. The fraction of sp³-hybridized carbons (Fsp3) is 0.258. The lowest BCUT2D eigenvalue weighted by Gasteiger charge is -2.28. The number of benzene rings is 3. The van der Waals surface area contributed by atoms with Gasteiger partial charge in [0.15, 0.2) is 17.7 Å². The minimum absolute atomic E-state index is 0.134. The van der Waals surface area contributed by atoms with Crippen molar-refractivity contribution >= 4 is 29.8 Å². The van der Waals surface area contributed by atoms with Crippen molar-refractivity contribution in [3.8, 4) is 17.2 Å². The molecule has 2 atom stereocenters. The van der Waals surface area contributed by atoms with Crippen LogP contribution in [-0.2, 0) is 16.1 Å². The summed E-state index contributed by atoms with van der Waals surface area (Å²) in [6, 6.07) is 18.6. The number of allylic oxidation sites excluding steroid dienone is 1. The van der Waals surface area contributed by atoms with E-state index in [2.05, 4.69) is 21.2 Å². The van der Waals surface area contributed by atoms with Crippen molar-refractivity contribution in [3.63, 3.8) is 0 Å². The topological polar surface area (TPSA) is 140 Å². The van der Waals surface area contributed by atoms with E-state index in [1.165, 1.54) is 7.11 Å². The highest BCUT2D eigenvalue weighted by atomic mass is 35.5. The normalized spacial score (nSPS) is 15.4. The second-order valence-corrected chi connectivity index (χ2v) is 9.84. The first-order chi connectivity index (χ1) is 20.8. The lowest BCUT2D eigenvalue weighted by atomic mass is 9.95. The molecule has 43 heavy (non-hydrogen) atoms. The molecule has 0 spiro atoms. The summed E-state index contributed by atoms with van der Waals surface area (Å²) in [5.74, 6) is 0.884. The Kier molecular flexibility index (Phi) is 10.8. The van der Waals surface area contributed by atoms with Gasteiger partial charge in [-0.2, -0.15) is 5.10 Å². The molecule has 0 aliphatic carbocycles. The summed E-state index contributed by atoms with van der Waals surface area (Å²) in [6.07, 6.45) is 0.446. The van der Waals surface area contributed by atoms with Gasteiger partial charge in [-0.3, -0.25) is 5.43 Å². The number of rotatable bonds is 13. The standard InChI is InChI=1S/C31H33ClN4O7/c1-4-41-26-15-22(29-28(30(38)40-3)19(2)34-31(39)35-29)9-14-25(26)43-18-27(37)36-33-16-20-7-12-24(13-8-20)42-17-21-5-10-23(32)11-6-21/h5-16,27,29,36-37H,4,17-18H2,1-3H3,(H2,34,35,39)/b33-16-/t27-,29-/m1/s1. The number of carbonyl (C=O) groups excluding carboxylic acids is 2. The molecule has 12 heteroatoms. The van der Waals surface area contributed by atoms with Crippen molar-refractivity contribution in [1.29, 1.82) is 0 Å². The first kappa shape index (κ1) is 31.2. The van der Waals surface area contributed by atoms with Crippen LogP contribution in [-0.4, -0.2) is 49.9 Å². The monoisotopic (exact) mass is 608 g/mol. The predicted molar refractivity (Wildman–Crippen MR) is 161 cm³/mol. The molecule has 4 rings (SSSR count). The average molecular weight is 609 g/mol. The highest BCUT2D eigenvalue weighted by Gasteiger charge is 2.32. The van der Waals surface area contributed by atoms with Gasteiger partial charge in [-0.1, -0.05) is 29.8 Å². The molecule has 0 saturated carbocycles. The van der Waals surface area contributed by atoms with Crippen LogP contribution in [0.15, 0.2) is 83.1 Å². The first-order valence-corrected chi connectivity index (χ1v) is 13.8. The molecule has 1 aliphatic rings. The van der Waals surface area contributed by atoms with Crippen LogP contribution in [0.3, 0.4) is 0 Å². The molecule has 0 unspecified atom stereocenters. The maximum absolute atomic E-state index is 12.4. The minimum atomic E-state index is -1.12. The largest absolute Gasteiger partial charge is 0.490 e. The zero-order valence-corrected chi connectivity index (χ0v) is 24.7. The molecule has 3 aromatic carbocycles. The number of ether oxygens (including phenoxy) is 4. The molecule has 3 aromatic rings. The summed E-state index contributed by atoms with van der Waals surface area (Å²) in [6.45, 7) is 4.07. The van der Waals surface area contributed by atoms with Crippen LogP contribution in [0.1, 0.15) is 36.6 Å². The van der Waals surface area contributed by atoms with Gasteiger partial charge < -0.3 is 34.7 Å². The number of esters is 1. The number of hydrogen-bond acceptors (Lipinski definition) is 9. The highest BCUT2D eigenvalue weighted by molar-refractivity contribution is 6.30. The van der Waals surface area contributed by atoms with Gasteiger partial charge >= 0.3 is 12.0 Å². The highest BCUT2D eigenvalue weighted by Crippen LogP contribution is 2.35. The van der Waals surface area contributed by atoms with Crippen molar-refractivity contribution in [1.82, 2.24) is 16.1 Å². The van der Waals surface area contributed by atoms with Crippen molar-refractivity contribution < 1.29 is 33.6 Å². The number of nitrogens with zero attached hydrogens (tertiary/aromatic N) is 1. The average Bonchev–Trinajstić information content (AvgIpc) is 3.00. The van der Waals surface area contributed by atoms with E-state index in [9.17, 15) is 14.7 Å². The maximum atomic E-state index is 12.4. The number of aliphatic hydroxyl groups is 1. The van der Waals surface area contributed by atoms with Gasteiger partial charge in [0.05, 0.1) is 31.5 Å². The number of carbonyl (C=O) groups is 2. The van der Waals surface area contributed by atoms with Crippen molar-refractivity contribution in [3.05, 3.63) is 99.7 Å². The zero-order chi connectivity index (χ0) is 30.8. The molecule has 2 amide bonds. The van der Waals surface area contributed by atoms with Crippen LogP contribution in [0.2, 0.25) is 5.02 Å². The Labute approximate surface area is 254 Å². The molecule has 4 N–H and O–H groups in total. The summed E-state index contributed by atoms with van der Waals surface area (Å²) >= 11 is 5.91. The van der Waals surface area contributed by atoms with Gasteiger partial charge in [0.1, 0.15) is 19.0 Å². The predicted octanol–water partition coefficient (Wildman–Crippen LogP) is 4.44. The van der Waals surface area contributed by atoms with E-state index in [1.807, 2.05) is 55.5 Å². The fourth-order valence-electron chi connectivity index (χ4n) is 4.22. The van der Waals surface area contributed by atoms with E-state index in [1.54, 1.807) is 31.3 Å². The van der Waals surface area contributed by atoms with E-state index >= 15 is 0 Å². The molecule has 0 bridgehead atoms. The second-order valence-electron chi connectivity index (χ2n) is 9.40. The fourth-order valence-corrected chi connectivity index (χ4v) is 4.34. The Morgan fingerprint density at radius 3 is 2.51 bits per heavy atom. The van der Waals surface area contributed by atoms with Crippen LogP contribution in [0.5, 0.6) is 17.2 Å². The smallest absolute Gasteiger partial charge is 0.337 e. The Morgan fingerprint density at radius 1 is 1.07 bits per heavy atom. The molecular formula is C31H33ClN4O7. The summed E-state index contributed by atoms with van der Waals surface area (Å²) in [7, 11) is 1.28. The van der Waals surface area contributed by atoms with Crippen LogP contribution < -0.4 is 30.3 Å². The van der Waals surface area contributed by atoms with Gasteiger partial charge in [-0.15, -0.1) is 0 Å². The zero-order valence-electron chi connectivity index (χ0n) is 23.9. The maximum Gasteiger partial charge on any atom is 0.337 e. The van der Waals surface area contributed by atoms with Gasteiger partial charge in [-0.05, 0) is 79.1 Å². The van der Waals surface area contributed by atoms with Crippen molar-refractivity contribution in [2.75, 3.05) is 20.3 Å². The number of hydrogen-bond donors (Lipinski definition) is 4. The van der Waals surface area contributed by atoms with Crippen LogP contribution in [0.25, 0.3) is 0 Å². The van der Waals surface area contributed by atoms with E-state index in [4.69, 9.17) is 30.5 Å². The van der Waals surface area contributed by atoms with Gasteiger partial charge in [0.25, 0.3) is 0 Å². The van der Waals surface area contributed by atoms with Crippen molar-refractivity contribution in [2.45, 2.75) is 32.7 Å². The van der Waals surface area contributed by atoms with Crippen molar-refractivity contribution in [2.24, 2.45) is 5.10 Å². The number of amides is 2. The van der Waals surface area contributed by atoms with Gasteiger partial charge in [0, 0.05) is 10.7 Å². The molecule has 0 fully saturated rings. The third-order valence-electron chi connectivity index (χ3n) is 6.31. The molecular weight excluding hydrogens is 576 g/mol. The van der Waals surface area contributed by atoms with Gasteiger partial charge in [0.2, 0.25) is 0 Å². The summed E-state index contributed by atoms with van der Waals surface area (Å²) < 4.78 is 22.2. The number of methoxy groups -OCH3 is 1. The Balaban J connectivity index is 1.32.